The summed E-state index contributed by atoms with van der Waals surface area (Å²) in [4.78, 5) is 17.0. The lowest BCUT2D eigenvalue weighted by Gasteiger charge is -2.08. The van der Waals surface area contributed by atoms with Crippen LogP contribution in [0.1, 0.15) is 11.4 Å². The molecule has 1 N–H and O–H groups in total. The lowest BCUT2D eigenvalue weighted by atomic mass is 10.2. The molecular weight excluding hydrogens is 346 g/mol. The average Bonchev–Trinajstić information content (AvgIpc) is 3.02. The van der Waals surface area contributed by atoms with Crippen molar-refractivity contribution >= 4 is 40.0 Å². The molecule has 0 aliphatic heterocycles. The molecule has 26 heavy (non-hydrogen) atoms. The van der Waals surface area contributed by atoms with E-state index in [-0.39, 0.29) is 11.7 Å². The predicted octanol–water partition coefficient (Wildman–Crippen LogP) is 3.63. The highest BCUT2D eigenvalue weighted by molar-refractivity contribution is 8.00. The Bertz CT molecular complexity index is 1120. The van der Waals surface area contributed by atoms with Gasteiger partial charge in [-0.15, -0.1) is 10.2 Å². The van der Waals surface area contributed by atoms with Gasteiger partial charge in [-0.05, 0) is 43.7 Å². The number of rotatable bonds is 4. The Labute approximate surface area is 154 Å². The van der Waals surface area contributed by atoms with Gasteiger partial charge in [0.05, 0.1) is 16.8 Å². The van der Waals surface area contributed by atoms with Gasteiger partial charge in [0.25, 0.3) is 0 Å². The quantitative estimate of drug-likeness (QED) is 0.561. The van der Waals surface area contributed by atoms with Crippen molar-refractivity contribution in [3.05, 3.63) is 59.9 Å². The van der Waals surface area contributed by atoms with Crippen LogP contribution < -0.4 is 5.32 Å². The van der Waals surface area contributed by atoms with Crippen molar-refractivity contribution in [3.63, 3.8) is 0 Å². The van der Waals surface area contributed by atoms with Gasteiger partial charge in [-0.1, -0.05) is 36.0 Å². The summed E-state index contributed by atoms with van der Waals surface area (Å²) in [5.74, 6) is 0.968. The van der Waals surface area contributed by atoms with Crippen molar-refractivity contribution in [1.82, 2.24) is 19.6 Å². The van der Waals surface area contributed by atoms with Gasteiger partial charge < -0.3 is 5.32 Å². The molecule has 0 atom stereocenters. The number of thioether (sulfide) groups is 1. The van der Waals surface area contributed by atoms with Gasteiger partial charge >= 0.3 is 0 Å². The van der Waals surface area contributed by atoms with E-state index in [4.69, 9.17) is 0 Å². The number of amides is 1. The lowest BCUT2D eigenvalue weighted by molar-refractivity contribution is -0.113. The van der Waals surface area contributed by atoms with Crippen LogP contribution in [-0.4, -0.2) is 31.2 Å². The minimum Gasteiger partial charge on any atom is -0.325 e. The SMILES string of the molecule is Cc1cccc(NC(=O)CSc2nc3ccccc3n3c(C)nnc23)c1. The summed E-state index contributed by atoms with van der Waals surface area (Å²) in [6.45, 7) is 3.90. The first kappa shape index (κ1) is 16.5. The number of fused-ring (bicyclic) bond motifs is 3. The van der Waals surface area contributed by atoms with Crippen LogP contribution in [0.4, 0.5) is 5.69 Å². The summed E-state index contributed by atoms with van der Waals surface area (Å²) in [6.07, 6.45) is 0. The summed E-state index contributed by atoms with van der Waals surface area (Å²) in [7, 11) is 0. The van der Waals surface area contributed by atoms with Crippen LogP contribution in [0.25, 0.3) is 16.7 Å². The molecule has 7 heteroatoms. The van der Waals surface area contributed by atoms with E-state index >= 15 is 0 Å². The highest BCUT2D eigenvalue weighted by Gasteiger charge is 2.14. The van der Waals surface area contributed by atoms with E-state index in [1.54, 1.807) is 0 Å². The van der Waals surface area contributed by atoms with Crippen LogP contribution in [0.3, 0.4) is 0 Å². The maximum Gasteiger partial charge on any atom is 0.234 e. The third kappa shape index (κ3) is 3.13. The molecule has 0 bridgehead atoms. The van der Waals surface area contributed by atoms with Crippen molar-refractivity contribution in [2.45, 2.75) is 18.9 Å². The fourth-order valence-corrected chi connectivity index (χ4v) is 3.61. The van der Waals surface area contributed by atoms with Crippen LogP contribution in [-0.2, 0) is 4.79 Å². The van der Waals surface area contributed by atoms with Crippen molar-refractivity contribution in [1.29, 1.82) is 0 Å². The Morgan fingerprint density at radius 2 is 1.96 bits per heavy atom. The first-order valence-corrected chi connectivity index (χ1v) is 9.20. The zero-order valence-corrected chi connectivity index (χ0v) is 15.2. The van der Waals surface area contributed by atoms with E-state index in [0.29, 0.717) is 10.7 Å². The van der Waals surface area contributed by atoms with Gasteiger partial charge in [-0.25, -0.2) is 4.98 Å². The first-order chi connectivity index (χ1) is 12.6. The molecule has 0 aliphatic rings. The molecule has 0 saturated heterocycles. The minimum absolute atomic E-state index is 0.0788. The van der Waals surface area contributed by atoms with E-state index < -0.39 is 0 Å². The molecule has 0 saturated carbocycles. The van der Waals surface area contributed by atoms with Crippen molar-refractivity contribution in [2.24, 2.45) is 0 Å². The summed E-state index contributed by atoms with van der Waals surface area (Å²) in [5.41, 5.74) is 4.38. The van der Waals surface area contributed by atoms with Crippen LogP contribution in [0.15, 0.2) is 53.6 Å². The lowest BCUT2D eigenvalue weighted by Crippen LogP contribution is -2.14. The van der Waals surface area contributed by atoms with Gasteiger partial charge in [0.1, 0.15) is 10.9 Å². The van der Waals surface area contributed by atoms with Crippen molar-refractivity contribution < 1.29 is 4.79 Å². The standard InChI is InChI=1S/C19H17N5OS/c1-12-6-5-7-14(10-12)20-17(25)11-26-19-18-23-22-13(2)24(18)16-9-4-3-8-15(16)21-19/h3-10H,11H2,1-2H3,(H,20,25). The number of nitrogens with one attached hydrogen (secondary N) is 1. The van der Waals surface area contributed by atoms with E-state index in [9.17, 15) is 4.79 Å². The number of nitrogens with zero attached hydrogens (tertiary/aromatic N) is 4. The van der Waals surface area contributed by atoms with Gasteiger partial charge in [0.15, 0.2) is 5.65 Å². The van der Waals surface area contributed by atoms with Crippen LogP contribution in [0.5, 0.6) is 0 Å². The van der Waals surface area contributed by atoms with E-state index in [2.05, 4.69) is 20.5 Å². The molecule has 2 aromatic heterocycles. The largest absolute Gasteiger partial charge is 0.325 e. The number of carbonyl (C=O) groups is 1. The normalized spacial score (nSPS) is 11.2. The Kier molecular flexibility index (Phi) is 4.30. The summed E-state index contributed by atoms with van der Waals surface area (Å²) >= 11 is 1.36. The number of carbonyl (C=O) groups excluding carboxylic acids is 1. The molecule has 2 aromatic carbocycles. The van der Waals surface area contributed by atoms with Crippen LogP contribution in [0, 0.1) is 13.8 Å². The van der Waals surface area contributed by atoms with Crippen molar-refractivity contribution in [3.8, 4) is 0 Å². The number of benzene rings is 2. The topological polar surface area (TPSA) is 72.2 Å². The van der Waals surface area contributed by atoms with Gasteiger partial charge in [-0.2, -0.15) is 0 Å². The molecule has 1 amide bonds. The van der Waals surface area contributed by atoms with E-state index in [1.807, 2.05) is 66.8 Å². The second-order valence-corrected chi connectivity index (χ2v) is 6.98. The molecular formula is C19H17N5OS. The third-order valence-electron chi connectivity index (χ3n) is 4.00. The summed E-state index contributed by atoms with van der Waals surface area (Å²) in [5, 5.41) is 12.0. The molecule has 0 unspecified atom stereocenters. The van der Waals surface area contributed by atoms with Gasteiger partial charge in [-0.3, -0.25) is 9.20 Å². The summed E-state index contributed by atoms with van der Waals surface area (Å²) < 4.78 is 1.98. The van der Waals surface area contributed by atoms with Crippen molar-refractivity contribution in [2.75, 3.05) is 11.1 Å². The maximum atomic E-state index is 12.3. The Balaban J connectivity index is 1.59. The number of anilines is 1. The molecule has 0 fully saturated rings. The minimum atomic E-state index is -0.0788. The number of aromatic nitrogens is 4. The van der Waals surface area contributed by atoms with E-state index in [1.165, 1.54) is 11.8 Å². The third-order valence-corrected chi connectivity index (χ3v) is 4.96. The number of aryl methyl sites for hydroxylation is 2. The van der Waals surface area contributed by atoms with E-state index in [0.717, 1.165) is 28.1 Å². The first-order valence-electron chi connectivity index (χ1n) is 8.21. The number of hydrogen-bond donors (Lipinski definition) is 1. The van der Waals surface area contributed by atoms with Crippen LogP contribution >= 0.6 is 11.8 Å². The Hall–Kier alpha value is -2.93. The second kappa shape index (κ2) is 6.76. The predicted molar refractivity (Wildman–Crippen MR) is 104 cm³/mol. The molecule has 6 nitrogen and oxygen atoms in total. The molecule has 0 aliphatic carbocycles. The van der Waals surface area contributed by atoms with Crippen LogP contribution in [0.2, 0.25) is 0 Å². The zero-order valence-electron chi connectivity index (χ0n) is 14.4. The van der Waals surface area contributed by atoms with Gasteiger partial charge in [0.2, 0.25) is 5.91 Å². The average molecular weight is 363 g/mol. The number of hydrogen-bond acceptors (Lipinski definition) is 5. The molecule has 2 heterocycles. The Morgan fingerprint density at radius 3 is 2.81 bits per heavy atom. The molecule has 0 radical (unpaired) electrons. The molecule has 130 valence electrons. The summed E-state index contributed by atoms with van der Waals surface area (Å²) in [6, 6.07) is 15.6. The molecule has 4 rings (SSSR count). The molecule has 0 spiro atoms. The monoisotopic (exact) mass is 363 g/mol. The maximum absolute atomic E-state index is 12.3. The van der Waals surface area contributed by atoms with Gasteiger partial charge in [0, 0.05) is 5.69 Å². The Morgan fingerprint density at radius 1 is 1.12 bits per heavy atom. The highest BCUT2D eigenvalue weighted by atomic mass is 32.2. The smallest absolute Gasteiger partial charge is 0.234 e. The fraction of sp³-hybridized carbons (Fsp3) is 0.158. The second-order valence-electron chi connectivity index (χ2n) is 6.02. The molecule has 4 aromatic rings. The highest BCUT2D eigenvalue weighted by Crippen LogP contribution is 2.25. The zero-order chi connectivity index (χ0) is 18.1. The fourth-order valence-electron chi connectivity index (χ4n) is 2.85. The number of para-hydroxylation sites is 2.